The van der Waals surface area contributed by atoms with E-state index in [4.69, 9.17) is 39.5 Å². The van der Waals surface area contributed by atoms with Crippen LogP contribution in [0.3, 0.4) is 0 Å². The van der Waals surface area contributed by atoms with E-state index >= 15 is 0 Å². The van der Waals surface area contributed by atoms with Crippen molar-refractivity contribution in [2.75, 3.05) is 7.05 Å². The Morgan fingerprint density at radius 2 is 1.74 bits per heavy atom. The van der Waals surface area contributed by atoms with Gasteiger partial charge in [0.2, 0.25) is 0 Å². The van der Waals surface area contributed by atoms with Crippen LogP contribution in [-0.4, -0.2) is 7.05 Å². The van der Waals surface area contributed by atoms with Crippen LogP contribution in [0, 0.1) is 0 Å². The summed E-state index contributed by atoms with van der Waals surface area (Å²) in [5.74, 6) is 1.03. The molecule has 0 heterocycles. The van der Waals surface area contributed by atoms with Crippen molar-refractivity contribution in [3.05, 3.63) is 57.0 Å². The third-order valence-corrected chi connectivity index (χ3v) is 3.33. The lowest BCUT2D eigenvalue weighted by Gasteiger charge is -2.10. The maximum Gasteiger partial charge on any atom is 0.147 e. The Bertz CT molecular complexity index is 587. The van der Waals surface area contributed by atoms with E-state index in [1.54, 1.807) is 18.2 Å². The van der Waals surface area contributed by atoms with Gasteiger partial charge in [0.15, 0.2) is 0 Å². The molecule has 2 rings (SSSR count). The molecule has 2 nitrogen and oxygen atoms in total. The smallest absolute Gasteiger partial charge is 0.147 e. The zero-order valence-corrected chi connectivity index (χ0v) is 12.5. The van der Waals surface area contributed by atoms with E-state index in [1.165, 1.54) is 0 Å². The first-order chi connectivity index (χ1) is 9.10. The first-order valence-electron chi connectivity index (χ1n) is 5.66. The van der Waals surface area contributed by atoms with Crippen LogP contribution in [-0.2, 0) is 6.54 Å². The molecule has 100 valence electrons. The van der Waals surface area contributed by atoms with Crippen molar-refractivity contribution in [1.29, 1.82) is 0 Å². The van der Waals surface area contributed by atoms with Crippen LogP contribution in [0.15, 0.2) is 36.4 Å². The van der Waals surface area contributed by atoms with E-state index < -0.39 is 0 Å². The fraction of sp³-hybridized carbons (Fsp3) is 0.143. The summed E-state index contributed by atoms with van der Waals surface area (Å²) in [5.41, 5.74) is 1.08. The summed E-state index contributed by atoms with van der Waals surface area (Å²) in [4.78, 5) is 0. The second-order valence-corrected chi connectivity index (χ2v) is 5.22. The zero-order valence-electron chi connectivity index (χ0n) is 10.2. The van der Waals surface area contributed by atoms with Gasteiger partial charge >= 0.3 is 0 Å². The van der Waals surface area contributed by atoms with E-state index in [0.29, 0.717) is 26.6 Å². The van der Waals surface area contributed by atoms with Gasteiger partial charge in [-0.3, -0.25) is 0 Å². The average molecular weight is 317 g/mol. The van der Waals surface area contributed by atoms with E-state index in [9.17, 15) is 0 Å². The summed E-state index contributed by atoms with van der Waals surface area (Å²) in [6.45, 7) is 0.748. The maximum atomic E-state index is 6.18. The van der Waals surface area contributed by atoms with Crippen molar-refractivity contribution < 1.29 is 4.74 Å². The molecule has 0 radical (unpaired) electrons. The Hall–Kier alpha value is -0.930. The van der Waals surface area contributed by atoms with E-state index in [0.717, 1.165) is 12.1 Å². The second-order valence-electron chi connectivity index (χ2n) is 3.97. The van der Waals surface area contributed by atoms with Gasteiger partial charge in [0.1, 0.15) is 11.5 Å². The lowest BCUT2D eigenvalue weighted by Crippen LogP contribution is -2.04. The highest BCUT2D eigenvalue weighted by Crippen LogP contribution is 2.35. The summed E-state index contributed by atoms with van der Waals surface area (Å²) >= 11 is 18.1. The van der Waals surface area contributed by atoms with Gasteiger partial charge in [-0.05, 0) is 36.9 Å². The average Bonchev–Trinajstić information content (AvgIpc) is 2.37. The lowest BCUT2D eigenvalue weighted by atomic mass is 10.2. The normalized spacial score (nSPS) is 10.5. The summed E-state index contributed by atoms with van der Waals surface area (Å²) in [6, 6.07) is 10.6. The van der Waals surface area contributed by atoms with Gasteiger partial charge in [-0.25, -0.2) is 0 Å². The van der Waals surface area contributed by atoms with Gasteiger partial charge in [0, 0.05) is 17.6 Å². The largest absolute Gasteiger partial charge is 0.454 e. The third-order valence-electron chi connectivity index (χ3n) is 2.49. The van der Waals surface area contributed by atoms with Crippen molar-refractivity contribution >= 4 is 34.8 Å². The summed E-state index contributed by atoms with van der Waals surface area (Å²) in [7, 11) is 1.88. The van der Waals surface area contributed by atoms with Crippen LogP contribution in [0.25, 0.3) is 0 Å². The quantitative estimate of drug-likeness (QED) is 0.841. The SMILES string of the molecule is CNCc1ccc(Oc2cc(Cl)ccc2Cl)c(Cl)c1. The first kappa shape index (κ1) is 14.5. The van der Waals surface area contributed by atoms with Crippen LogP contribution in [0.5, 0.6) is 11.5 Å². The molecule has 0 aromatic heterocycles. The van der Waals surface area contributed by atoms with Crippen molar-refractivity contribution in [3.8, 4) is 11.5 Å². The highest BCUT2D eigenvalue weighted by atomic mass is 35.5. The van der Waals surface area contributed by atoms with Gasteiger partial charge in [-0.2, -0.15) is 0 Å². The Morgan fingerprint density at radius 1 is 0.947 bits per heavy atom. The van der Waals surface area contributed by atoms with Crippen LogP contribution in [0.2, 0.25) is 15.1 Å². The molecule has 0 saturated carbocycles. The summed E-state index contributed by atoms with van der Waals surface area (Å²) in [6.07, 6.45) is 0. The van der Waals surface area contributed by atoms with Crippen LogP contribution >= 0.6 is 34.8 Å². The number of halogens is 3. The minimum atomic E-state index is 0.484. The molecule has 19 heavy (non-hydrogen) atoms. The molecule has 0 fully saturated rings. The van der Waals surface area contributed by atoms with Gasteiger partial charge in [0.05, 0.1) is 10.0 Å². The molecule has 2 aromatic carbocycles. The number of hydrogen-bond donors (Lipinski definition) is 1. The maximum absolute atomic E-state index is 6.18. The number of nitrogens with one attached hydrogen (secondary N) is 1. The first-order valence-corrected chi connectivity index (χ1v) is 6.79. The molecule has 0 aliphatic heterocycles. The van der Waals surface area contributed by atoms with Crippen LogP contribution in [0.1, 0.15) is 5.56 Å². The molecule has 0 spiro atoms. The van der Waals surface area contributed by atoms with Gasteiger partial charge in [0.25, 0.3) is 0 Å². The van der Waals surface area contributed by atoms with Crippen molar-refractivity contribution in [3.63, 3.8) is 0 Å². The van der Waals surface area contributed by atoms with E-state index in [-0.39, 0.29) is 0 Å². The molecule has 1 N–H and O–H groups in total. The molecule has 0 atom stereocenters. The topological polar surface area (TPSA) is 21.3 Å². The molecular formula is C14H12Cl3NO. The molecular weight excluding hydrogens is 305 g/mol. The highest BCUT2D eigenvalue weighted by Gasteiger charge is 2.08. The van der Waals surface area contributed by atoms with E-state index in [1.807, 2.05) is 25.2 Å². The van der Waals surface area contributed by atoms with Crippen LogP contribution < -0.4 is 10.1 Å². The summed E-state index contributed by atoms with van der Waals surface area (Å²) in [5, 5.41) is 4.63. The predicted octanol–water partition coefficient (Wildman–Crippen LogP) is 5.16. The fourth-order valence-corrected chi connectivity index (χ4v) is 2.18. The molecule has 0 aliphatic rings. The molecule has 0 saturated heterocycles. The molecule has 0 bridgehead atoms. The fourth-order valence-electron chi connectivity index (χ4n) is 1.62. The number of rotatable bonds is 4. The molecule has 0 aliphatic carbocycles. The van der Waals surface area contributed by atoms with Gasteiger partial charge < -0.3 is 10.1 Å². The summed E-state index contributed by atoms with van der Waals surface area (Å²) < 4.78 is 5.69. The van der Waals surface area contributed by atoms with Crippen molar-refractivity contribution in [2.45, 2.75) is 6.54 Å². The number of benzene rings is 2. The minimum Gasteiger partial charge on any atom is -0.454 e. The van der Waals surface area contributed by atoms with Crippen molar-refractivity contribution in [1.82, 2.24) is 5.32 Å². The Labute approximate surface area is 127 Å². The molecule has 0 unspecified atom stereocenters. The lowest BCUT2D eigenvalue weighted by molar-refractivity contribution is 0.483. The third kappa shape index (κ3) is 3.77. The minimum absolute atomic E-state index is 0.484. The second kappa shape index (κ2) is 6.49. The molecule has 5 heteroatoms. The number of hydrogen-bond acceptors (Lipinski definition) is 2. The Morgan fingerprint density at radius 3 is 2.42 bits per heavy atom. The van der Waals surface area contributed by atoms with Gasteiger partial charge in [-0.15, -0.1) is 0 Å². The Balaban J connectivity index is 2.25. The van der Waals surface area contributed by atoms with Gasteiger partial charge in [-0.1, -0.05) is 40.9 Å². The standard InChI is InChI=1S/C14H12Cl3NO/c1-18-8-9-2-5-13(12(17)6-9)19-14-7-10(15)3-4-11(14)16/h2-7,18H,8H2,1H3. The predicted molar refractivity (Wildman–Crippen MR) is 80.8 cm³/mol. The molecule has 2 aromatic rings. The van der Waals surface area contributed by atoms with Crippen molar-refractivity contribution in [2.24, 2.45) is 0 Å². The zero-order chi connectivity index (χ0) is 13.8. The molecule has 0 amide bonds. The highest BCUT2D eigenvalue weighted by molar-refractivity contribution is 6.34. The monoisotopic (exact) mass is 315 g/mol. The number of ether oxygens (including phenoxy) is 1. The van der Waals surface area contributed by atoms with Crippen LogP contribution in [0.4, 0.5) is 0 Å². The Kier molecular flexibility index (Phi) is 4.94. The van der Waals surface area contributed by atoms with E-state index in [2.05, 4.69) is 5.32 Å².